The Morgan fingerprint density at radius 2 is 2.00 bits per heavy atom. The van der Waals surface area contributed by atoms with Gasteiger partial charge >= 0.3 is 163 Å². The van der Waals surface area contributed by atoms with Crippen LogP contribution in [-0.4, -0.2) is 73.3 Å². The molecule has 0 bridgehead atoms. The molecule has 114 valence electrons. The third-order valence-electron chi connectivity index (χ3n) is 2.62. The van der Waals surface area contributed by atoms with Gasteiger partial charge in [0.25, 0.3) is 0 Å². The van der Waals surface area contributed by atoms with E-state index in [0.717, 1.165) is 3.93 Å². The summed E-state index contributed by atoms with van der Waals surface area (Å²) in [6.07, 6.45) is 0.0265. The molecule has 9 heteroatoms. The number of para-hydroxylation sites is 1. The number of nitrogens with one attached hydrogen (secondary N) is 1. The summed E-state index contributed by atoms with van der Waals surface area (Å²) in [5, 5.41) is 13.2. The van der Waals surface area contributed by atoms with Gasteiger partial charge in [-0.15, -0.1) is 0 Å². The van der Waals surface area contributed by atoms with Gasteiger partial charge in [0.2, 0.25) is 0 Å². The van der Waals surface area contributed by atoms with Crippen molar-refractivity contribution in [3.63, 3.8) is 0 Å². The SMILES string of the molecule is COC([CH2][Hg+])CNC(=O)c1ccccc1OCC(=O)[O-].O.[NaH]. The number of carboxylic acids is 1. The molecule has 0 radical (unpaired) electrons. The summed E-state index contributed by atoms with van der Waals surface area (Å²) in [5.41, 5.74) is 0.293. The average Bonchev–Trinajstić information content (AvgIpc) is 2.46. The van der Waals surface area contributed by atoms with E-state index < -0.39 is 12.6 Å². The maximum absolute atomic E-state index is 12.1. The van der Waals surface area contributed by atoms with Crippen LogP contribution in [-0.2, 0) is 35.7 Å². The van der Waals surface area contributed by atoms with Gasteiger partial charge in [0.15, 0.2) is 0 Å². The van der Waals surface area contributed by atoms with Crippen LogP contribution in [0.25, 0.3) is 0 Å². The van der Waals surface area contributed by atoms with Gasteiger partial charge < -0.3 is 5.48 Å². The summed E-state index contributed by atoms with van der Waals surface area (Å²) in [6, 6.07) is 6.47. The van der Waals surface area contributed by atoms with Crippen molar-refractivity contribution >= 4 is 41.4 Å². The molecule has 0 heterocycles. The number of rotatable bonds is 8. The third kappa shape index (κ3) is 8.45. The van der Waals surface area contributed by atoms with Crippen molar-refractivity contribution in [1.82, 2.24) is 5.32 Å². The first-order valence-electron chi connectivity index (χ1n) is 6.10. The zero-order valence-corrected chi connectivity index (χ0v) is 17.3. The van der Waals surface area contributed by atoms with Crippen molar-refractivity contribution < 1.29 is 55.8 Å². The number of amides is 1. The molecule has 1 amide bonds. The molecule has 0 saturated heterocycles. The van der Waals surface area contributed by atoms with Gasteiger partial charge in [0, 0.05) is 0 Å². The molecule has 3 N–H and O–H groups in total. The zero-order valence-electron chi connectivity index (χ0n) is 11.8. The average molecular weight is 508 g/mol. The Kier molecular flexibility index (Phi) is 14.5. The van der Waals surface area contributed by atoms with E-state index in [4.69, 9.17) is 9.47 Å². The van der Waals surface area contributed by atoms with Crippen LogP contribution in [0.2, 0.25) is 3.93 Å². The Morgan fingerprint density at radius 3 is 2.55 bits per heavy atom. The number of benzene rings is 1. The third-order valence-corrected chi connectivity index (χ3v) is 5.13. The predicted molar refractivity (Wildman–Crippen MR) is 75.6 cm³/mol. The number of methoxy groups -OCH3 is 1. The summed E-state index contributed by atoms with van der Waals surface area (Å²) >= 11 is 0.598. The van der Waals surface area contributed by atoms with Gasteiger partial charge in [0.1, 0.15) is 0 Å². The normalized spacial score (nSPS) is 10.7. The van der Waals surface area contributed by atoms with Crippen LogP contribution in [0.15, 0.2) is 24.3 Å². The fourth-order valence-electron chi connectivity index (χ4n) is 1.52. The molecule has 0 spiro atoms. The molecule has 0 aliphatic rings. The molecule has 22 heavy (non-hydrogen) atoms. The molecule has 1 aromatic carbocycles. The van der Waals surface area contributed by atoms with Crippen LogP contribution in [0.4, 0.5) is 0 Å². The number of hydrogen-bond donors (Lipinski definition) is 1. The van der Waals surface area contributed by atoms with E-state index in [1.165, 1.54) is 0 Å². The predicted octanol–water partition coefficient (Wildman–Crippen LogP) is -1.95. The first-order valence-corrected chi connectivity index (χ1v) is 9.99. The molecular weight excluding hydrogens is 490 g/mol. The Hall–Kier alpha value is -0.185. The number of carbonyl (C=O) groups is 2. The second kappa shape index (κ2) is 13.3. The van der Waals surface area contributed by atoms with Gasteiger partial charge in [-0.2, -0.15) is 0 Å². The molecule has 0 fully saturated rings. The van der Waals surface area contributed by atoms with Crippen LogP contribution in [0.5, 0.6) is 5.75 Å². The first kappa shape index (κ1) is 24.1. The van der Waals surface area contributed by atoms with Crippen molar-refractivity contribution in [2.45, 2.75) is 10.0 Å². The summed E-state index contributed by atoms with van der Waals surface area (Å²) in [6.45, 7) is -0.165. The second-order valence-electron chi connectivity index (χ2n) is 4.01. The number of carboxylic acid groups (broad SMARTS) is 1. The van der Waals surface area contributed by atoms with E-state index in [-0.39, 0.29) is 52.8 Å². The summed E-state index contributed by atoms with van der Waals surface area (Å²) in [5.74, 6) is -1.43. The van der Waals surface area contributed by atoms with Gasteiger partial charge in [-0.25, -0.2) is 0 Å². The van der Waals surface area contributed by atoms with E-state index in [1.54, 1.807) is 31.4 Å². The monoisotopic (exact) mass is 509 g/mol. The fourth-order valence-corrected chi connectivity index (χ4v) is 3.23. The molecule has 0 aromatic heterocycles. The molecule has 1 atom stereocenters. The van der Waals surface area contributed by atoms with Crippen molar-refractivity contribution in [1.29, 1.82) is 0 Å². The Labute approximate surface area is 167 Å². The molecule has 0 aliphatic heterocycles. The topological polar surface area (TPSA) is 119 Å². The molecule has 1 unspecified atom stereocenters. The fraction of sp³-hybridized carbons (Fsp3) is 0.385. The molecule has 7 nitrogen and oxygen atoms in total. The quantitative estimate of drug-likeness (QED) is 0.410. The minimum atomic E-state index is -1.34. The van der Waals surface area contributed by atoms with E-state index in [9.17, 15) is 14.7 Å². The second-order valence-corrected chi connectivity index (χ2v) is 6.26. The minimum absolute atomic E-state index is 0. The van der Waals surface area contributed by atoms with Crippen LogP contribution in [0, 0.1) is 0 Å². The van der Waals surface area contributed by atoms with Crippen LogP contribution in [0.3, 0.4) is 0 Å². The van der Waals surface area contributed by atoms with Crippen molar-refractivity contribution in [2.24, 2.45) is 0 Å². The molecule has 0 saturated carbocycles. The van der Waals surface area contributed by atoms with Gasteiger partial charge in [-0.1, -0.05) is 0 Å². The van der Waals surface area contributed by atoms with E-state index in [2.05, 4.69) is 5.32 Å². The summed E-state index contributed by atoms with van der Waals surface area (Å²) < 4.78 is 11.2. The maximum atomic E-state index is 12.1. The molecule has 1 aromatic rings. The number of hydrogen-bond acceptors (Lipinski definition) is 5. The van der Waals surface area contributed by atoms with Gasteiger partial charge in [0.05, 0.1) is 0 Å². The zero-order chi connectivity index (χ0) is 15.0. The Bertz CT molecular complexity index is 470. The first-order chi connectivity index (χ1) is 9.58. The van der Waals surface area contributed by atoms with Crippen LogP contribution < -0.4 is 15.2 Å². The van der Waals surface area contributed by atoms with Crippen LogP contribution in [0.1, 0.15) is 10.4 Å². The van der Waals surface area contributed by atoms with E-state index >= 15 is 0 Å². The van der Waals surface area contributed by atoms with Crippen molar-refractivity contribution in [3.8, 4) is 5.75 Å². The molecular formula is C13H18HgNNaO6. The number of aliphatic carboxylic acids is 1. The standard InChI is InChI=1S/C13H16NO5.Hg.Na.H2O.H/c1-9(18-2)7-14-13(17)10-5-3-4-6-11(10)19-8-12(15)16;;;;/h3-6,9H,1,7-8H2,2H3,(H,14,17)(H,15,16);;;1H2;/q;+1;;;/p-1. The van der Waals surface area contributed by atoms with Crippen molar-refractivity contribution in [2.75, 3.05) is 20.3 Å². The molecule has 0 aliphatic carbocycles. The van der Waals surface area contributed by atoms with Crippen LogP contribution >= 0.6 is 0 Å². The van der Waals surface area contributed by atoms with E-state index in [0.29, 0.717) is 38.2 Å². The van der Waals surface area contributed by atoms with Crippen molar-refractivity contribution in [3.05, 3.63) is 29.8 Å². The van der Waals surface area contributed by atoms with E-state index in [1.807, 2.05) is 0 Å². The number of carbonyl (C=O) groups excluding carboxylic acids is 2. The van der Waals surface area contributed by atoms with Gasteiger partial charge in [-0.3, -0.25) is 0 Å². The van der Waals surface area contributed by atoms with Gasteiger partial charge in [-0.05, 0) is 0 Å². The molecule has 1 rings (SSSR count). The summed E-state index contributed by atoms with van der Waals surface area (Å²) in [7, 11) is 1.61. The Balaban J connectivity index is 0. The number of ether oxygens (including phenoxy) is 2. The Morgan fingerprint density at radius 1 is 1.36 bits per heavy atom. The summed E-state index contributed by atoms with van der Waals surface area (Å²) in [4.78, 5) is 22.5.